The molecule has 1 spiro atoms. The molecular weight excluding hydrogens is 356 g/mol. The summed E-state index contributed by atoms with van der Waals surface area (Å²) in [5, 5.41) is 11.5. The van der Waals surface area contributed by atoms with E-state index >= 15 is 0 Å². The molecule has 1 N–H and O–H groups in total. The third-order valence-electron chi connectivity index (χ3n) is 5.05. The van der Waals surface area contributed by atoms with Gasteiger partial charge >= 0.3 is 6.03 Å². The molecule has 2 fully saturated rings. The van der Waals surface area contributed by atoms with Crippen LogP contribution in [0, 0.1) is 0 Å². The maximum absolute atomic E-state index is 12.9. The number of urea groups is 1. The van der Waals surface area contributed by atoms with Crippen molar-refractivity contribution in [1.29, 1.82) is 0 Å². The van der Waals surface area contributed by atoms with Crippen molar-refractivity contribution in [3.05, 3.63) is 35.2 Å². The molecule has 1 saturated heterocycles. The molecule has 1 aliphatic carbocycles. The van der Waals surface area contributed by atoms with Gasteiger partial charge in [0.15, 0.2) is 0 Å². The molecule has 8 heteroatoms. The van der Waals surface area contributed by atoms with Crippen LogP contribution in [0.2, 0.25) is 5.02 Å². The van der Waals surface area contributed by atoms with Crippen molar-refractivity contribution in [3.8, 4) is 11.5 Å². The number of carbonyl (C=O) groups is 2. The maximum atomic E-state index is 12.9. The van der Waals surface area contributed by atoms with Crippen molar-refractivity contribution < 1.29 is 14.0 Å². The summed E-state index contributed by atoms with van der Waals surface area (Å²) in [5.74, 6) is 0.368. The number of nitrogens with zero attached hydrogens (tertiary/aromatic N) is 3. The number of benzene rings is 1. The molecule has 0 bridgehead atoms. The number of hydrogen-bond acceptors (Lipinski definition) is 5. The molecule has 2 aromatic rings. The number of rotatable bonds is 3. The van der Waals surface area contributed by atoms with E-state index in [0.717, 1.165) is 31.2 Å². The Labute approximate surface area is 155 Å². The molecular formula is C18H19ClN4O3. The van der Waals surface area contributed by atoms with Crippen LogP contribution in [0.25, 0.3) is 11.5 Å². The number of hydrogen-bond donors (Lipinski definition) is 1. The second kappa shape index (κ2) is 6.72. The van der Waals surface area contributed by atoms with Gasteiger partial charge < -0.3 is 9.73 Å². The summed E-state index contributed by atoms with van der Waals surface area (Å²) >= 11 is 5.88. The molecule has 4 rings (SSSR count). The number of imide groups is 1. The maximum Gasteiger partial charge on any atom is 0.325 e. The molecule has 1 aromatic carbocycles. The Morgan fingerprint density at radius 2 is 1.77 bits per heavy atom. The second-order valence-electron chi connectivity index (χ2n) is 6.83. The van der Waals surface area contributed by atoms with Crippen molar-refractivity contribution in [2.75, 3.05) is 0 Å². The monoisotopic (exact) mass is 374 g/mol. The number of carbonyl (C=O) groups excluding carboxylic acids is 2. The standard InChI is InChI=1S/C18H19ClN4O3/c19-13-7-5-12(6-8-13)15-22-21-14(26-15)11-23-16(24)18(20-17(23)25)9-3-1-2-4-10-18/h5-8H,1-4,9-11H2,(H,20,25). The zero-order chi connectivity index (χ0) is 18.1. The minimum Gasteiger partial charge on any atom is -0.419 e. The van der Waals surface area contributed by atoms with Gasteiger partial charge in [-0.05, 0) is 37.1 Å². The smallest absolute Gasteiger partial charge is 0.325 e. The topological polar surface area (TPSA) is 88.3 Å². The molecule has 1 aliphatic heterocycles. The Morgan fingerprint density at radius 3 is 2.46 bits per heavy atom. The van der Waals surface area contributed by atoms with Gasteiger partial charge in [0.05, 0.1) is 0 Å². The van der Waals surface area contributed by atoms with E-state index in [-0.39, 0.29) is 24.4 Å². The molecule has 0 atom stereocenters. The highest BCUT2D eigenvalue weighted by Gasteiger charge is 2.51. The Morgan fingerprint density at radius 1 is 1.08 bits per heavy atom. The number of aromatic nitrogens is 2. The number of amides is 3. The fourth-order valence-corrected chi connectivity index (χ4v) is 3.78. The van der Waals surface area contributed by atoms with E-state index in [1.54, 1.807) is 24.3 Å². The number of halogens is 1. The summed E-state index contributed by atoms with van der Waals surface area (Å²) in [6.07, 6.45) is 5.46. The van der Waals surface area contributed by atoms with Crippen LogP contribution in [0.3, 0.4) is 0 Å². The predicted molar refractivity (Wildman–Crippen MR) is 94.3 cm³/mol. The van der Waals surface area contributed by atoms with E-state index in [2.05, 4.69) is 15.5 Å². The first-order valence-corrected chi connectivity index (χ1v) is 9.18. The third kappa shape index (κ3) is 3.07. The lowest BCUT2D eigenvalue weighted by Crippen LogP contribution is -2.46. The first-order valence-electron chi connectivity index (χ1n) is 8.80. The van der Waals surface area contributed by atoms with E-state index in [0.29, 0.717) is 23.8 Å². The summed E-state index contributed by atoms with van der Waals surface area (Å²) in [7, 11) is 0. The van der Waals surface area contributed by atoms with Gasteiger partial charge in [0.1, 0.15) is 12.1 Å². The SMILES string of the molecule is O=C1NC2(CCCCCC2)C(=O)N1Cc1nnc(-c2ccc(Cl)cc2)o1. The Kier molecular flexibility index (Phi) is 4.40. The Hall–Kier alpha value is -2.41. The van der Waals surface area contributed by atoms with Gasteiger partial charge in [-0.1, -0.05) is 37.3 Å². The quantitative estimate of drug-likeness (QED) is 0.830. The molecule has 0 unspecified atom stereocenters. The third-order valence-corrected chi connectivity index (χ3v) is 5.31. The lowest BCUT2D eigenvalue weighted by Gasteiger charge is -2.24. The summed E-state index contributed by atoms with van der Waals surface area (Å²) in [5.41, 5.74) is -0.0299. The molecule has 136 valence electrons. The minimum atomic E-state index is -0.757. The van der Waals surface area contributed by atoms with Gasteiger partial charge in [0.25, 0.3) is 5.91 Å². The van der Waals surface area contributed by atoms with Crippen molar-refractivity contribution >= 4 is 23.5 Å². The van der Waals surface area contributed by atoms with E-state index in [1.165, 1.54) is 4.90 Å². The fourth-order valence-electron chi connectivity index (χ4n) is 3.65. The molecule has 26 heavy (non-hydrogen) atoms. The molecule has 3 amide bonds. The van der Waals surface area contributed by atoms with E-state index in [9.17, 15) is 9.59 Å². The van der Waals surface area contributed by atoms with Gasteiger partial charge in [-0.3, -0.25) is 9.69 Å². The second-order valence-corrected chi connectivity index (χ2v) is 7.26. The molecule has 2 aliphatic rings. The Balaban J connectivity index is 1.51. The van der Waals surface area contributed by atoms with Crippen LogP contribution in [0.1, 0.15) is 44.4 Å². The molecule has 2 heterocycles. The highest BCUT2D eigenvalue weighted by atomic mass is 35.5. The minimum absolute atomic E-state index is 0.0208. The summed E-state index contributed by atoms with van der Waals surface area (Å²) in [4.78, 5) is 26.5. The average molecular weight is 375 g/mol. The lowest BCUT2D eigenvalue weighted by molar-refractivity contribution is -0.132. The van der Waals surface area contributed by atoms with Crippen molar-refractivity contribution in [3.63, 3.8) is 0 Å². The first-order chi connectivity index (χ1) is 12.6. The zero-order valence-electron chi connectivity index (χ0n) is 14.2. The highest BCUT2D eigenvalue weighted by Crippen LogP contribution is 2.33. The fraction of sp³-hybridized carbons (Fsp3) is 0.444. The molecule has 1 aromatic heterocycles. The van der Waals surface area contributed by atoms with Crippen LogP contribution >= 0.6 is 11.6 Å². The highest BCUT2D eigenvalue weighted by molar-refractivity contribution is 6.30. The van der Waals surface area contributed by atoms with E-state index in [1.807, 2.05) is 0 Å². The molecule has 0 radical (unpaired) electrons. The van der Waals surface area contributed by atoms with Crippen molar-refractivity contribution in [1.82, 2.24) is 20.4 Å². The zero-order valence-corrected chi connectivity index (χ0v) is 15.0. The van der Waals surface area contributed by atoms with Gasteiger partial charge in [0.2, 0.25) is 11.8 Å². The average Bonchev–Trinajstić information content (AvgIpc) is 3.08. The normalized spacial score (nSPS) is 19.7. The van der Waals surface area contributed by atoms with Crippen LogP contribution in [-0.2, 0) is 11.3 Å². The van der Waals surface area contributed by atoms with Gasteiger partial charge in [-0.15, -0.1) is 10.2 Å². The van der Waals surface area contributed by atoms with Crippen molar-refractivity contribution in [2.45, 2.75) is 50.6 Å². The predicted octanol–water partition coefficient (Wildman–Crippen LogP) is 3.53. The van der Waals surface area contributed by atoms with Gasteiger partial charge in [0, 0.05) is 10.6 Å². The van der Waals surface area contributed by atoms with Gasteiger partial charge in [-0.2, -0.15) is 0 Å². The largest absolute Gasteiger partial charge is 0.419 e. The van der Waals surface area contributed by atoms with E-state index in [4.69, 9.17) is 16.0 Å². The number of nitrogens with one attached hydrogen (secondary N) is 1. The van der Waals surface area contributed by atoms with Gasteiger partial charge in [-0.25, -0.2) is 4.79 Å². The van der Waals surface area contributed by atoms with Crippen LogP contribution in [0.15, 0.2) is 28.7 Å². The molecule has 1 saturated carbocycles. The summed E-state index contributed by atoms with van der Waals surface area (Å²) in [6, 6.07) is 6.62. The van der Waals surface area contributed by atoms with Crippen LogP contribution < -0.4 is 5.32 Å². The van der Waals surface area contributed by atoms with Crippen molar-refractivity contribution in [2.24, 2.45) is 0 Å². The van der Waals surface area contributed by atoms with Crippen LogP contribution in [-0.4, -0.2) is 32.6 Å². The van der Waals surface area contributed by atoms with Crippen LogP contribution in [0.5, 0.6) is 0 Å². The first kappa shape index (κ1) is 17.0. The summed E-state index contributed by atoms with van der Waals surface area (Å²) in [6.45, 7) is -0.0208. The molecule has 7 nitrogen and oxygen atoms in total. The van der Waals surface area contributed by atoms with E-state index < -0.39 is 5.54 Å². The lowest BCUT2D eigenvalue weighted by atomic mass is 9.90. The van der Waals surface area contributed by atoms with Crippen LogP contribution in [0.4, 0.5) is 4.79 Å². The Bertz CT molecular complexity index is 825. The summed E-state index contributed by atoms with van der Waals surface area (Å²) < 4.78 is 5.63.